The van der Waals surface area contributed by atoms with Crippen molar-refractivity contribution in [3.63, 3.8) is 0 Å². The first-order valence-corrected chi connectivity index (χ1v) is 7.80. The number of benzene rings is 3. The Kier molecular flexibility index (Phi) is 5.19. The van der Waals surface area contributed by atoms with E-state index in [9.17, 15) is 14.4 Å². The van der Waals surface area contributed by atoms with E-state index in [-0.39, 0.29) is 0 Å². The molecule has 3 rings (SSSR count). The second kappa shape index (κ2) is 7.90. The summed E-state index contributed by atoms with van der Waals surface area (Å²) in [5.74, 6) is -0.369. The van der Waals surface area contributed by atoms with Crippen LogP contribution in [0.1, 0.15) is 31.1 Å². The number of rotatable bonds is 5. The van der Waals surface area contributed by atoms with E-state index in [1.54, 1.807) is 36.4 Å². The van der Waals surface area contributed by atoms with E-state index in [2.05, 4.69) is 0 Å². The molecule has 0 spiro atoms. The summed E-state index contributed by atoms with van der Waals surface area (Å²) in [7, 11) is 0. The van der Waals surface area contributed by atoms with Crippen LogP contribution < -0.4 is 9.47 Å². The summed E-state index contributed by atoms with van der Waals surface area (Å²) >= 11 is 0. The minimum absolute atomic E-state index is 0.309. The van der Waals surface area contributed by atoms with Gasteiger partial charge in [-0.3, -0.25) is 4.79 Å². The van der Waals surface area contributed by atoms with Crippen LogP contribution in [-0.2, 0) is 0 Å². The lowest BCUT2D eigenvalue weighted by Crippen LogP contribution is -2.10. The normalized spacial score (nSPS) is 10.0. The van der Waals surface area contributed by atoms with Crippen LogP contribution in [0.3, 0.4) is 0 Å². The Morgan fingerprint density at radius 3 is 1.58 bits per heavy atom. The number of aldehydes is 1. The topological polar surface area (TPSA) is 69.7 Å². The third-order valence-corrected chi connectivity index (χ3v) is 3.54. The van der Waals surface area contributed by atoms with Gasteiger partial charge >= 0.3 is 11.9 Å². The monoisotopic (exact) mass is 346 g/mol. The molecule has 0 radical (unpaired) electrons. The number of hydrogen-bond acceptors (Lipinski definition) is 5. The Morgan fingerprint density at radius 2 is 1.08 bits per heavy atom. The molecule has 5 heteroatoms. The minimum Gasteiger partial charge on any atom is -0.423 e. The predicted molar refractivity (Wildman–Crippen MR) is 94.6 cm³/mol. The van der Waals surface area contributed by atoms with Crippen molar-refractivity contribution < 1.29 is 23.9 Å². The van der Waals surface area contributed by atoms with E-state index in [0.29, 0.717) is 34.5 Å². The van der Waals surface area contributed by atoms with Crippen LogP contribution in [0.4, 0.5) is 0 Å². The van der Waals surface area contributed by atoms with Crippen molar-refractivity contribution in [3.8, 4) is 11.5 Å². The van der Waals surface area contributed by atoms with E-state index in [0.717, 1.165) is 0 Å². The zero-order valence-corrected chi connectivity index (χ0v) is 13.6. The molecule has 128 valence electrons. The molecule has 0 amide bonds. The average molecular weight is 346 g/mol. The molecule has 26 heavy (non-hydrogen) atoms. The molecule has 0 unspecified atom stereocenters. The molecule has 0 N–H and O–H groups in total. The van der Waals surface area contributed by atoms with Crippen molar-refractivity contribution in [2.75, 3.05) is 0 Å². The van der Waals surface area contributed by atoms with Gasteiger partial charge in [0.15, 0.2) is 0 Å². The quantitative estimate of drug-likeness (QED) is 0.398. The molecule has 3 aromatic rings. The third kappa shape index (κ3) is 4.21. The molecule has 0 saturated heterocycles. The second-order valence-corrected chi connectivity index (χ2v) is 5.36. The van der Waals surface area contributed by atoms with E-state index in [1.165, 1.54) is 36.4 Å². The van der Waals surface area contributed by atoms with E-state index < -0.39 is 11.9 Å². The first-order valence-electron chi connectivity index (χ1n) is 7.80. The van der Waals surface area contributed by atoms with Gasteiger partial charge in [-0.1, -0.05) is 18.2 Å². The molecule has 5 nitrogen and oxygen atoms in total. The van der Waals surface area contributed by atoms with Gasteiger partial charge in [-0.25, -0.2) is 9.59 Å². The molecule has 0 aliphatic heterocycles. The van der Waals surface area contributed by atoms with Crippen molar-refractivity contribution in [3.05, 3.63) is 95.6 Å². The Bertz CT molecular complexity index is 913. The number of carbonyl (C=O) groups is 3. The molecular formula is C21H14O5. The number of esters is 2. The van der Waals surface area contributed by atoms with Gasteiger partial charge < -0.3 is 9.47 Å². The number of carbonyl (C=O) groups excluding carboxylic acids is 3. The van der Waals surface area contributed by atoms with E-state index >= 15 is 0 Å². The van der Waals surface area contributed by atoms with E-state index in [4.69, 9.17) is 9.47 Å². The summed E-state index contributed by atoms with van der Waals surface area (Å²) in [4.78, 5) is 34.7. The van der Waals surface area contributed by atoms with Gasteiger partial charge in [-0.2, -0.15) is 0 Å². The SMILES string of the molecule is O=Cc1ccc(OC(=O)c2ccc(OC(=O)c3ccccc3)cc2)cc1. The highest BCUT2D eigenvalue weighted by molar-refractivity contribution is 5.92. The smallest absolute Gasteiger partial charge is 0.343 e. The fourth-order valence-corrected chi connectivity index (χ4v) is 2.18. The van der Waals surface area contributed by atoms with E-state index in [1.807, 2.05) is 6.07 Å². The van der Waals surface area contributed by atoms with Gasteiger partial charge in [0.25, 0.3) is 0 Å². The molecular weight excluding hydrogens is 332 g/mol. The van der Waals surface area contributed by atoms with Crippen LogP contribution in [0.5, 0.6) is 11.5 Å². The fraction of sp³-hybridized carbons (Fsp3) is 0. The highest BCUT2D eigenvalue weighted by Crippen LogP contribution is 2.17. The van der Waals surface area contributed by atoms with Gasteiger partial charge in [-0.15, -0.1) is 0 Å². The van der Waals surface area contributed by atoms with Crippen molar-refractivity contribution in [1.82, 2.24) is 0 Å². The van der Waals surface area contributed by atoms with Gasteiger partial charge in [0.2, 0.25) is 0 Å². The Balaban J connectivity index is 1.63. The Hall–Kier alpha value is -3.73. The van der Waals surface area contributed by atoms with Gasteiger partial charge in [0.1, 0.15) is 17.8 Å². The summed E-state index contributed by atoms with van der Waals surface area (Å²) in [6, 6.07) is 20.9. The highest BCUT2D eigenvalue weighted by atomic mass is 16.5. The lowest BCUT2D eigenvalue weighted by molar-refractivity contribution is 0.0730. The molecule has 0 aromatic heterocycles. The maximum Gasteiger partial charge on any atom is 0.343 e. The molecule has 0 saturated carbocycles. The minimum atomic E-state index is -0.551. The van der Waals surface area contributed by atoms with Crippen molar-refractivity contribution >= 4 is 18.2 Å². The molecule has 0 heterocycles. The molecule has 0 atom stereocenters. The zero-order chi connectivity index (χ0) is 18.4. The standard InChI is InChI=1S/C21H14O5/c22-14-15-6-10-18(11-7-15)25-21(24)17-8-12-19(13-9-17)26-20(23)16-4-2-1-3-5-16/h1-14H. The van der Waals surface area contributed by atoms with Crippen molar-refractivity contribution in [1.29, 1.82) is 0 Å². The third-order valence-electron chi connectivity index (χ3n) is 3.54. The van der Waals surface area contributed by atoms with Gasteiger partial charge in [-0.05, 0) is 60.7 Å². The summed E-state index contributed by atoms with van der Waals surface area (Å²) in [6.45, 7) is 0. The number of hydrogen-bond donors (Lipinski definition) is 0. The summed E-state index contributed by atoms with van der Waals surface area (Å²) < 4.78 is 10.5. The fourth-order valence-electron chi connectivity index (χ4n) is 2.18. The Morgan fingerprint density at radius 1 is 0.615 bits per heavy atom. The molecule has 0 bridgehead atoms. The molecule has 0 aliphatic rings. The first kappa shape index (κ1) is 17.1. The van der Waals surface area contributed by atoms with Crippen LogP contribution in [0.2, 0.25) is 0 Å². The first-order chi connectivity index (χ1) is 12.7. The van der Waals surface area contributed by atoms with Gasteiger partial charge in [0, 0.05) is 5.56 Å². The maximum absolute atomic E-state index is 12.1. The summed E-state index contributed by atoms with van der Waals surface area (Å²) in [5, 5.41) is 0. The summed E-state index contributed by atoms with van der Waals surface area (Å²) in [6.07, 6.45) is 0.709. The van der Waals surface area contributed by atoms with Crippen molar-refractivity contribution in [2.24, 2.45) is 0 Å². The predicted octanol–water partition coefficient (Wildman–Crippen LogP) is 3.94. The lowest BCUT2D eigenvalue weighted by Gasteiger charge is -2.06. The lowest BCUT2D eigenvalue weighted by atomic mass is 10.2. The van der Waals surface area contributed by atoms with Crippen LogP contribution in [-0.4, -0.2) is 18.2 Å². The highest BCUT2D eigenvalue weighted by Gasteiger charge is 2.11. The van der Waals surface area contributed by atoms with Gasteiger partial charge in [0.05, 0.1) is 11.1 Å². The van der Waals surface area contributed by atoms with Crippen LogP contribution in [0.15, 0.2) is 78.9 Å². The molecule has 3 aromatic carbocycles. The Labute approximate surface area is 149 Å². The molecule has 0 aliphatic carbocycles. The van der Waals surface area contributed by atoms with Crippen LogP contribution in [0, 0.1) is 0 Å². The van der Waals surface area contributed by atoms with Crippen LogP contribution >= 0.6 is 0 Å². The maximum atomic E-state index is 12.1. The largest absolute Gasteiger partial charge is 0.423 e. The van der Waals surface area contributed by atoms with Crippen molar-refractivity contribution in [2.45, 2.75) is 0 Å². The average Bonchev–Trinajstić information content (AvgIpc) is 2.69. The molecule has 0 fully saturated rings. The number of ether oxygens (including phenoxy) is 2. The summed E-state index contributed by atoms with van der Waals surface area (Å²) in [5.41, 5.74) is 1.24. The van der Waals surface area contributed by atoms with Crippen LogP contribution in [0.25, 0.3) is 0 Å². The second-order valence-electron chi connectivity index (χ2n) is 5.36. The zero-order valence-electron chi connectivity index (χ0n) is 13.6.